The number of thioether (sulfide) groups is 1. The number of anilines is 1. The zero-order valence-corrected chi connectivity index (χ0v) is 19.3. The molecule has 0 bridgehead atoms. The minimum absolute atomic E-state index is 0.0238. The van der Waals surface area contributed by atoms with Crippen molar-refractivity contribution in [2.45, 2.75) is 32.4 Å². The third-order valence-electron chi connectivity index (χ3n) is 5.70. The fourth-order valence-corrected chi connectivity index (χ4v) is 4.23. The van der Waals surface area contributed by atoms with Crippen molar-refractivity contribution in [2.24, 2.45) is 10.4 Å². The van der Waals surface area contributed by atoms with E-state index in [1.807, 2.05) is 12.3 Å². The van der Waals surface area contributed by atoms with Gasteiger partial charge < -0.3 is 14.8 Å². The number of aliphatic imine (C=N–C) groups is 1. The molecule has 0 spiro atoms. The number of ether oxygens (including phenoxy) is 2. The number of methoxy groups -OCH3 is 1. The second kappa shape index (κ2) is 10.5. The molecule has 32 heavy (non-hydrogen) atoms. The van der Waals surface area contributed by atoms with Crippen LogP contribution in [-0.4, -0.2) is 43.1 Å². The second-order valence-electron chi connectivity index (χ2n) is 7.84. The van der Waals surface area contributed by atoms with Gasteiger partial charge in [0.2, 0.25) is 5.88 Å². The van der Waals surface area contributed by atoms with Crippen molar-refractivity contribution in [3.05, 3.63) is 47.7 Å². The Balaban J connectivity index is 1.70. The van der Waals surface area contributed by atoms with Crippen LogP contribution in [0.4, 0.5) is 18.9 Å². The van der Waals surface area contributed by atoms with E-state index in [1.165, 1.54) is 6.07 Å². The van der Waals surface area contributed by atoms with E-state index in [0.29, 0.717) is 30.2 Å². The largest absolute Gasteiger partial charge is 0.492 e. The summed E-state index contributed by atoms with van der Waals surface area (Å²) in [5.41, 5.74) is 0.492. The van der Waals surface area contributed by atoms with E-state index in [9.17, 15) is 13.2 Å². The van der Waals surface area contributed by atoms with Gasteiger partial charge in [-0.3, -0.25) is 4.99 Å². The Labute approximate surface area is 190 Å². The van der Waals surface area contributed by atoms with Gasteiger partial charge in [-0.25, -0.2) is 4.98 Å². The molecule has 5 nitrogen and oxygen atoms in total. The highest BCUT2D eigenvalue weighted by atomic mass is 32.2. The van der Waals surface area contributed by atoms with Gasteiger partial charge in [0.25, 0.3) is 0 Å². The molecule has 174 valence electrons. The highest BCUT2D eigenvalue weighted by molar-refractivity contribution is 7.99. The average molecular weight is 468 g/mol. The summed E-state index contributed by atoms with van der Waals surface area (Å²) in [5.74, 6) is 2.05. The first-order valence-corrected chi connectivity index (χ1v) is 11.8. The Morgan fingerprint density at radius 2 is 2.12 bits per heavy atom. The molecule has 1 atom stereocenters. The number of hydrogen-bond acceptors (Lipinski definition) is 5. The minimum atomic E-state index is -4.42. The zero-order chi connectivity index (χ0) is 23.2. The molecule has 0 fully saturated rings. The molecule has 0 saturated carbocycles. The molecule has 1 aromatic carbocycles. The lowest BCUT2D eigenvalue weighted by Crippen LogP contribution is -2.36. The fraction of sp³-hybridized carbons (Fsp3) is 0.478. The molecule has 2 aromatic rings. The molecule has 2 heterocycles. The number of benzene rings is 1. The van der Waals surface area contributed by atoms with Crippen molar-refractivity contribution >= 4 is 23.3 Å². The van der Waals surface area contributed by atoms with Gasteiger partial charge in [-0.15, -0.1) is 0 Å². The van der Waals surface area contributed by atoms with Crippen LogP contribution in [0.1, 0.15) is 30.9 Å². The average Bonchev–Trinajstić information content (AvgIpc) is 2.78. The number of pyridine rings is 1. The highest BCUT2D eigenvalue weighted by Gasteiger charge is 2.40. The SMILES string of the molecule is CCC1(CCN=C(CSC)Nc2ccc(OC)nc2)COc2c(cccc2C(F)(F)F)C1. The van der Waals surface area contributed by atoms with Crippen LogP contribution in [0.15, 0.2) is 41.5 Å². The van der Waals surface area contributed by atoms with E-state index in [4.69, 9.17) is 14.5 Å². The Morgan fingerprint density at radius 3 is 2.75 bits per heavy atom. The quantitative estimate of drug-likeness (QED) is 0.398. The molecule has 3 rings (SSSR count). The summed E-state index contributed by atoms with van der Waals surface area (Å²) in [4.78, 5) is 8.93. The molecular formula is C23H28F3N3O2S. The Morgan fingerprint density at radius 1 is 1.31 bits per heavy atom. The first kappa shape index (κ1) is 24.2. The van der Waals surface area contributed by atoms with E-state index in [-0.39, 0.29) is 17.8 Å². The number of halogens is 3. The van der Waals surface area contributed by atoms with Gasteiger partial charge in [0.1, 0.15) is 11.6 Å². The predicted molar refractivity (Wildman–Crippen MR) is 123 cm³/mol. The van der Waals surface area contributed by atoms with Crippen molar-refractivity contribution in [1.29, 1.82) is 0 Å². The summed E-state index contributed by atoms with van der Waals surface area (Å²) < 4.78 is 50.7. The number of fused-ring (bicyclic) bond motifs is 1. The topological polar surface area (TPSA) is 55.7 Å². The molecule has 1 aliphatic rings. The first-order valence-electron chi connectivity index (χ1n) is 10.4. The smallest absolute Gasteiger partial charge is 0.419 e. The van der Waals surface area contributed by atoms with E-state index in [2.05, 4.69) is 17.2 Å². The number of rotatable bonds is 8. The Kier molecular flexibility index (Phi) is 7.92. The van der Waals surface area contributed by atoms with E-state index in [0.717, 1.165) is 30.4 Å². The molecule has 1 unspecified atom stereocenters. The summed E-state index contributed by atoms with van der Waals surface area (Å²) in [6.45, 7) is 2.86. The lowest BCUT2D eigenvalue weighted by Gasteiger charge is -2.38. The fourth-order valence-electron chi connectivity index (χ4n) is 3.79. The van der Waals surface area contributed by atoms with Crippen LogP contribution in [-0.2, 0) is 12.6 Å². The molecule has 9 heteroatoms. The summed E-state index contributed by atoms with van der Waals surface area (Å²) in [5, 5.41) is 3.29. The Bertz CT molecular complexity index is 935. The lowest BCUT2D eigenvalue weighted by molar-refractivity contribution is -0.139. The van der Waals surface area contributed by atoms with Crippen molar-refractivity contribution in [1.82, 2.24) is 4.98 Å². The first-order chi connectivity index (χ1) is 15.3. The van der Waals surface area contributed by atoms with Gasteiger partial charge in [0, 0.05) is 18.0 Å². The summed E-state index contributed by atoms with van der Waals surface area (Å²) in [6, 6.07) is 7.92. The number of alkyl halides is 3. The maximum absolute atomic E-state index is 13.3. The van der Waals surface area contributed by atoms with E-state index in [1.54, 1.807) is 37.2 Å². The summed E-state index contributed by atoms with van der Waals surface area (Å²) in [7, 11) is 1.57. The monoisotopic (exact) mass is 467 g/mol. The van der Waals surface area contributed by atoms with Gasteiger partial charge in [-0.05, 0) is 43.2 Å². The van der Waals surface area contributed by atoms with Gasteiger partial charge in [0.15, 0.2) is 0 Å². The molecule has 0 saturated heterocycles. The third kappa shape index (κ3) is 5.88. The van der Waals surface area contributed by atoms with E-state index >= 15 is 0 Å². The van der Waals surface area contributed by atoms with Crippen molar-refractivity contribution in [2.75, 3.05) is 37.6 Å². The normalized spacial score (nSPS) is 18.6. The van der Waals surface area contributed by atoms with Crippen molar-refractivity contribution < 1.29 is 22.6 Å². The number of amidine groups is 1. The lowest BCUT2D eigenvalue weighted by atomic mass is 9.75. The van der Waals surface area contributed by atoms with Crippen molar-refractivity contribution in [3.8, 4) is 11.6 Å². The van der Waals surface area contributed by atoms with Gasteiger partial charge in [0.05, 0.1) is 36.9 Å². The third-order valence-corrected chi connectivity index (χ3v) is 6.26. The minimum Gasteiger partial charge on any atom is -0.492 e. The number of aromatic nitrogens is 1. The van der Waals surface area contributed by atoms with Crippen molar-refractivity contribution in [3.63, 3.8) is 0 Å². The maximum atomic E-state index is 13.3. The summed E-state index contributed by atoms with van der Waals surface area (Å²) >= 11 is 1.65. The Hall–Kier alpha value is -2.42. The molecule has 1 aromatic heterocycles. The highest BCUT2D eigenvalue weighted by Crippen LogP contribution is 2.45. The van der Waals surface area contributed by atoms with Gasteiger partial charge >= 0.3 is 6.18 Å². The van der Waals surface area contributed by atoms with Crippen LogP contribution in [0.2, 0.25) is 0 Å². The van der Waals surface area contributed by atoms with Crippen LogP contribution >= 0.6 is 11.8 Å². The number of hydrogen-bond donors (Lipinski definition) is 1. The second-order valence-corrected chi connectivity index (χ2v) is 8.70. The van der Waals surface area contributed by atoms with E-state index < -0.39 is 11.7 Å². The summed E-state index contributed by atoms with van der Waals surface area (Å²) in [6.07, 6.45) is 1.33. The molecular weight excluding hydrogens is 439 g/mol. The molecule has 0 radical (unpaired) electrons. The van der Waals surface area contributed by atoms with Crippen LogP contribution in [0, 0.1) is 5.41 Å². The maximum Gasteiger partial charge on any atom is 0.419 e. The standard InChI is InChI=1S/C23H28F3N3O2S/c1-4-22(12-16-6-5-7-18(23(24,25)26)21(16)31-15-22)10-11-27-19(14-32-3)29-17-8-9-20(30-2)28-13-17/h5-9,13H,4,10-12,14-15H2,1-3H3,(H,27,29). The number of nitrogens with one attached hydrogen (secondary N) is 1. The van der Waals surface area contributed by atoms with Crippen LogP contribution < -0.4 is 14.8 Å². The van der Waals surface area contributed by atoms with Crippen LogP contribution in [0.5, 0.6) is 11.6 Å². The number of para-hydroxylation sites is 1. The van der Waals surface area contributed by atoms with Gasteiger partial charge in [-0.1, -0.05) is 19.1 Å². The molecule has 0 aliphatic carbocycles. The number of nitrogens with zero attached hydrogens (tertiary/aromatic N) is 2. The zero-order valence-electron chi connectivity index (χ0n) is 18.5. The van der Waals surface area contributed by atoms with Crippen LogP contribution in [0.25, 0.3) is 0 Å². The van der Waals surface area contributed by atoms with Gasteiger partial charge in [-0.2, -0.15) is 24.9 Å². The predicted octanol–water partition coefficient (Wildman–Crippen LogP) is 5.70. The van der Waals surface area contributed by atoms with Crippen LogP contribution in [0.3, 0.4) is 0 Å². The molecule has 1 N–H and O–H groups in total. The molecule has 1 aliphatic heterocycles. The molecule has 0 amide bonds.